The number of methoxy groups -OCH3 is 1. The van der Waals surface area contributed by atoms with Gasteiger partial charge in [-0.3, -0.25) is 4.98 Å². The highest BCUT2D eigenvalue weighted by Gasteiger charge is 2.41. The second-order valence-electron chi connectivity index (χ2n) is 4.48. The number of nitrogens with zero attached hydrogens (tertiary/aromatic N) is 1. The minimum Gasteiger partial charge on any atom is -0.465 e. The molecule has 0 unspecified atom stereocenters. The normalized spacial score (nSPS) is 16.3. The van der Waals surface area contributed by atoms with E-state index in [2.05, 4.69) is 16.6 Å². The number of carbonyl (C=O) groups is 1. The SMILES string of the molecule is COC(=O)c1cccnc1CNCC1(SC)CC1. The number of hydrogen-bond acceptors (Lipinski definition) is 5. The van der Waals surface area contributed by atoms with Crippen LogP contribution in [0.25, 0.3) is 0 Å². The average molecular weight is 266 g/mol. The maximum Gasteiger partial charge on any atom is 0.339 e. The Morgan fingerprint density at radius 2 is 2.39 bits per heavy atom. The second kappa shape index (κ2) is 5.71. The van der Waals surface area contributed by atoms with E-state index in [-0.39, 0.29) is 5.97 Å². The van der Waals surface area contributed by atoms with E-state index in [4.69, 9.17) is 4.74 Å². The lowest BCUT2D eigenvalue weighted by atomic mass is 10.2. The summed E-state index contributed by atoms with van der Waals surface area (Å²) in [5.74, 6) is -0.328. The van der Waals surface area contributed by atoms with Gasteiger partial charge in [-0.25, -0.2) is 4.79 Å². The standard InChI is InChI=1S/C13H18N2O2S/c1-17-12(16)10-4-3-7-15-11(10)8-14-9-13(18-2)5-6-13/h3-4,7,14H,5-6,8-9H2,1-2H3. The molecule has 4 nitrogen and oxygen atoms in total. The molecule has 1 aromatic heterocycles. The van der Waals surface area contributed by atoms with E-state index in [1.807, 2.05) is 11.8 Å². The minimum atomic E-state index is -0.328. The summed E-state index contributed by atoms with van der Waals surface area (Å²) >= 11 is 1.91. The summed E-state index contributed by atoms with van der Waals surface area (Å²) in [6, 6.07) is 3.50. The number of pyridine rings is 1. The van der Waals surface area contributed by atoms with Gasteiger partial charge in [-0.15, -0.1) is 0 Å². The van der Waals surface area contributed by atoms with Gasteiger partial charge in [-0.05, 0) is 31.2 Å². The van der Waals surface area contributed by atoms with Crippen molar-refractivity contribution in [3.63, 3.8) is 0 Å². The molecule has 0 aliphatic heterocycles. The molecule has 5 heteroatoms. The van der Waals surface area contributed by atoms with Gasteiger partial charge in [0.25, 0.3) is 0 Å². The number of hydrogen-bond donors (Lipinski definition) is 1. The third-order valence-electron chi connectivity index (χ3n) is 3.28. The van der Waals surface area contributed by atoms with Crippen LogP contribution < -0.4 is 5.32 Å². The summed E-state index contributed by atoms with van der Waals surface area (Å²) in [6.45, 7) is 1.57. The largest absolute Gasteiger partial charge is 0.465 e. The predicted octanol–water partition coefficient (Wildman–Crippen LogP) is 1.85. The topological polar surface area (TPSA) is 51.2 Å². The fourth-order valence-corrected chi connectivity index (χ4v) is 2.63. The van der Waals surface area contributed by atoms with E-state index in [1.54, 1.807) is 18.3 Å². The Bertz CT molecular complexity index is 433. The van der Waals surface area contributed by atoms with Crippen LogP contribution in [-0.2, 0) is 11.3 Å². The van der Waals surface area contributed by atoms with Crippen LogP contribution >= 0.6 is 11.8 Å². The van der Waals surface area contributed by atoms with Crippen molar-refractivity contribution in [3.05, 3.63) is 29.6 Å². The molecule has 1 saturated carbocycles. The maximum atomic E-state index is 11.6. The third-order valence-corrected chi connectivity index (χ3v) is 4.69. The fraction of sp³-hybridized carbons (Fsp3) is 0.538. The van der Waals surface area contributed by atoms with Gasteiger partial charge < -0.3 is 10.1 Å². The van der Waals surface area contributed by atoms with Crippen LogP contribution in [0, 0.1) is 0 Å². The van der Waals surface area contributed by atoms with Gasteiger partial charge in [0, 0.05) is 24.0 Å². The number of rotatable bonds is 6. The molecule has 0 bridgehead atoms. The summed E-state index contributed by atoms with van der Waals surface area (Å²) in [5, 5.41) is 3.38. The van der Waals surface area contributed by atoms with Crippen LogP contribution in [0.1, 0.15) is 28.9 Å². The summed E-state index contributed by atoms with van der Waals surface area (Å²) in [5.41, 5.74) is 1.29. The summed E-state index contributed by atoms with van der Waals surface area (Å²) in [7, 11) is 1.39. The number of nitrogens with one attached hydrogen (secondary N) is 1. The Morgan fingerprint density at radius 1 is 1.61 bits per heavy atom. The molecule has 98 valence electrons. The van der Waals surface area contributed by atoms with Crippen LogP contribution in [0.2, 0.25) is 0 Å². The first-order valence-electron chi connectivity index (χ1n) is 5.99. The van der Waals surface area contributed by atoms with Gasteiger partial charge in [0.2, 0.25) is 0 Å². The summed E-state index contributed by atoms with van der Waals surface area (Å²) in [6.07, 6.45) is 6.39. The number of aromatic nitrogens is 1. The quantitative estimate of drug-likeness (QED) is 0.796. The van der Waals surface area contributed by atoms with E-state index < -0.39 is 0 Å². The average Bonchev–Trinajstić information content (AvgIpc) is 3.19. The summed E-state index contributed by atoms with van der Waals surface area (Å²) in [4.78, 5) is 15.8. The Balaban J connectivity index is 1.94. The van der Waals surface area contributed by atoms with E-state index in [0.717, 1.165) is 12.2 Å². The Hall–Kier alpha value is -1.07. The molecule has 0 radical (unpaired) electrons. The zero-order valence-electron chi connectivity index (χ0n) is 10.7. The molecule has 0 amide bonds. The van der Waals surface area contributed by atoms with Crippen LogP contribution in [0.5, 0.6) is 0 Å². The molecule has 1 aliphatic rings. The van der Waals surface area contributed by atoms with Gasteiger partial charge in [-0.1, -0.05) is 0 Å². The number of esters is 1. The van der Waals surface area contributed by atoms with Crippen molar-refractivity contribution in [2.75, 3.05) is 19.9 Å². The molecule has 0 aromatic carbocycles. The van der Waals surface area contributed by atoms with E-state index >= 15 is 0 Å². The molecule has 1 heterocycles. The molecular weight excluding hydrogens is 248 g/mol. The molecule has 1 fully saturated rings. The van der Waals surface area contributed by atoms with Crippen LogP contribution in [0.4, 0.5) is 0 Å². The number of carbonyl (C=O) groups excluding carboxylic acids is 1. The third kappa shape index (κ3) is 3.03. The first kappa shape index (κ1) is 13.4. The molecule has 1 aromatic rings. The van der Waals surface area contributed by atoms with Crippen molar-refractivity contribution < 1.29 is 9.53 Å². The van der Waals surface area contributed by atoms with Crippen molar-refractivity contribution in [2.45, 2.75) is 24.1 Å². The first-order valence-corrected chi connectivity index (χ1v) is 7.21. The highest BCUT2D eigenvalue weighted by atomic mass is 32.2. The lowest BCUT2D eigenvalue weighted by Gasteiger charge is -2.13. The lowest BCUT2D eigenvalue weighted by Crippen LogP contribution is -2.26. The molecule has 1 aliphatic carbocycles. The van der Waals surface area contributed by atoms with Gasteiger partial charge in [0.15, 0.2) is 0 Å². The Kier molecular flexibility index (Phi) is 4.24. The Morgan fingerprint density at radius 3 is 3.00 bits per heavy atom. The van der Waals surface area contributed by atoms with Crippen molar-refractivity contribution in [2.24, 2.45) is 0 Å². The molecule has 0 spiro atoms. The van der Waals surface area contributed by atoms with Gasteiger partial charge in [0.05, 0.1) is 18.4 Å². The molecule has 1 N–H and O–H groups in total. The monoisotopic (exact) mass is 266 g/mol. The minimum absolute atomic E-state index is 0.328. The molecule has 0 saturated heterocycles. The molecule has 2 rings (SSSR count). The lowest BCUT2D eigenvalue weighted by molar-refractivity contribution is 0.0598. The zero-order valence-corrected chi connectivity index (χ0v) is 11.5. The van der Waals surface area contributed by atoms with Gasteiger partial charge >= 0.3 is 5.97 Å². The van der Waals surface area contributed by atoms with Crippen molar-refractivity contribution >= 4 is 17.7 Å². The van der Waals surface area contributed by atoms with Crippen molar-refractivity contribution in [1.82, 2.24) is 10.3 Å². The van der Waals surface area contributed by atoms with Crippen LogP contribution in [-0.4, -0.2) is 35.6 Å². The predicted molar refractivity (Wildman–Crippen MR) is 72.8 cm³/mol. The van der Waals surface area contributed by atoms with Crippen molar-refractivity contribution in [3.8, 4) is 0 Å². The van der Waals surface area contributed by atoms with E-state index in [1.165, 1.54) is 20.0 Å². The van der Waals surface area contributed by atoms with E-state index in [9.17, 15) is 4.79 Å². The Labute approximate surface area is 112 Å². The van der Waals surface area contributed by atoms with Gasteiger partial charge in [-0.2, -0.15) is 11.8 Å². The highest BCUT2D eigenvalue weighted by molar-refractivity contribution is 8.00. The molecular formula is C13H18N2O2S. The molecule has 0 atom stereocenters. The van der Waals surface area contributed by atoms with E-state index in [0.29, 0.717) is 16.9 Å². The maximum absolute atomic E-state index is 11.6. The second-order valence-corrected chi connectivity index (χ2v) is 5.75. The number of thioether (sulfide) groups is 1. The van der Waals surface area contributed by atoms with Crippen LogP contribution in [0.15, 0.2) is 18.3 Å². The first-order chi connectivity index (χ1) is 8.71. The molecule has 18 heavy (non-hydrogen) atoms. The highest BCUT2D eigenvalue weighted by Crippen LogP contribution is 2.46. The smallest absolute Gasteiger partial charge is 0.339 e. The fourth-order valence-electron chi connectivity index (χ4n) is 1.88. The number of ether oxygens (including phenoxy) is 1. The van der Waals surface area contributed by atoms with Gasteiger partial charge in [0.1, 0.15) is 0 Å². The van der Waals surface area contributed by atoms with Crippen LogP contribution in [0.3, 0.4) is 0 Å². The zero-order chi connectivity index (χ0) is 13.0. The van der Waals surface area contributed by atoms with Crippen molar-refractivity contribution in [1.29, 1.82) is 0 Å². The summed E-state index contributed by atoms with van der Waals surface area (Å²) < 4.78 is 5.16.